The van der Waals surface area contributed by atoms with Crippen molar-refractivity contribution in [3.63, 3.8) is 0 Å². The lowest BCUT2D eigenvalue weighted by Crippen LogP contribution is -2.36. The van der Waals surface area contributed by atoms with Gasteiger partial charge in [-0.25, -0.2) is 4.68 Å². The molecule has 2 aromatic carbocycles. The maximum Gasteiger partial charge on any atom is 0.269 e. The van der Waals surface area contributed by atoms with Crippen LogP contribution in [0.1, 0.15) is 12.5 Å². The number of amides is 1. The highest BCUT2D eigenvalue weighted by molar-refractivity contribution is 8.24. The number of hydrogen-bond acceptors (Lipinski definition) is 7. The van der Waals surface area contributed by atoms with Gasteiger partial charge >= 0.3 is 0 Å². The predicted molar refractivity (Wildman–Crippen MR) is 134 cm³/mol. The van der Waals surface area contributed by atoms with E-state index in [1.54, 1.807) is 6.92 Å². The zero-order valence-electron chi connectivity index (χ0n) is 18.0. The first kappa shape index (κ1) is 23.6. The first-order valence-corrected chi connectivity index (χ1v) is 13.3. The third-order valence-corrected chi connectivity index (χ3v) is 7.99. The number of thiocarbonyl (C=S) groups is 1. The van der Waals surface area contributed by atoms with Crippen molar-refractivity contribution in [3.05, 3.63) is 72.4 Å². The molecule has 1 aromatic heterocycles. The largest absolute Gasteiger partial charge is 0.296 e. The molecular formula is C23H23N3O4S3. The number of para-hydroxylation sites is 1. The minimum atomic E-state index is -3.69. The third-order valence-electron chi connectivity index (χ3n) is 5.13. The fraction of sp³-hybridized carbons (Fsp3) is 0.261. The summed E-state index contributed by atoms with van der Waals surface area (Å²) in [5, 5.41) is 4.36. The van der Waals surface area contributed by atoms with E-state index in [-0.39, 0.29) is 24.8 Å². The molecule has 33 heavy (non-hydrogen) atoms. The van der Waals surface area contributed by atoms with E-state index in [9.17, 15) is 13.2 Å². The van der Waals surface area contributed by atoms with Crippen LogP contribution >= 0.6 is 24.0 Å². The Balaban J connectivity index is 1.57. The Kier molecular flexibility index (Phi) is 7.28. The Bertz CT molecular complexity index is 1240. The van der Waals surface area contributed by atoms with Crippen molar-refractivity contribution in [2.24, 2.45) is 0 Å². The summed E-state index contributed by atoms with van der Waals surface area (Å²) in [5.41, 5.74) is 3.60. The Morgan fingerprint density at radius 3 is 2.42 bits per heavy atom. The summed E-state index contributed by atoms with van der Waals surface area (Å²) in [7, 11) is -3.69. The quantitative estimate of drug-likeness (QED) is 0.327. The second-order valence-corrected chi connectivity index (χ2v) is 11.0. The lowest BCUT2D eigenvalue weighted by atomic mass is 10.0. The second kappa shape index (κ2) is 10.2. The summed E-state index contributed by atoms with van der Waals surface area (Å²) >= 11 is 6.67. The van der Waals surface area contributed by atoms with Gasteiger partial charge in [0.2, 0.25) is 5.91 Å². The smallest absolute Gasteiger partial charge is 0.269 e. The topological polar surface area (TPSA) is 81.5 Å². The van der Waals surface area contributed by atoms with E-state index in [4.69, 9.17) is 21.5 Å². The molecule has 0 bridgehead atoms. The van der Waals surface area contributed by atoms with Crippen molar-refractivity contribution in [2.45, 2.75) is 18.6 Å². The van der Waals surface area contributed by atoms with Gasteiger partial charge in [0.15, 0.2) is 0 Å². The number of hydrogen-bond donors (Lipinski definition) is 0. The number of carbonyl (C=O) groups is 1. The van der Waals surface area contributed by atoms with Crippen LogP contribution in [0.2, 0.25) is 0 Å². The summed E-state index contributed by atoms with van der Waals surface area (Å²) in [6.07, 6.45) is 2.37. The molecule has 4 rings (SSSR count). The molecule has 0 saturated carbocycles. The van der Waals surface area contributed by atoms with Crippen LogP contribution in [0.25, 0.3) is 16.9 Å². The van der Waals surface area contributed by atoms with Crippen LogP contribution in [0.4, 0.5) is 0 Å². The zero-order valence-corrected chi connectivity index (χ0v) is 20.4. The average Bonchev–Trinajstić information content (AvgIpc) is 3.34. The molecule has 10 heteroatoms. The van der Waals surface area contributed by atoms with Crippen molar-refractivity contribution < 1.29 is 17.4 Å². The van der Waals surface area contributed by atoms with E-state index in [0.29, 0.717) is 10.7 Å². The highest BCUT2D eigenvalue weighted by atomic mass is 32.2. The third kappa shape index (κ3) is 5.52. The minimum absolute atomic E-state index is 0.0156. The van der Waals surface area contributed by atoms with Crippen molar-refractivity contribution in [2.75, 3.05) is 18.9 Å². The summed E-state index contributed by atoms with van der Waals surface area (Å²) in [6.45, 7) is 1.65. The van der Waals surface area contributed by atoms with E-state index in [1.165, 1.54) is 16.7 Å². The number of rotatable bonds is 9. The van der Waals surface area contributed by atoms with Crippen LogP contribution in [0.3, 0.4) is 0 Å². The SMILES string of the molecule is CCOS(=O)(=O)CCN1C(=O)C(Cc2cn(-c3ccccc3)nc2-c2ccccc2)SC1=S. The van der Waals surface area contributed by atoms with Crippen LogP contribution in [0.15, 0.2) is 66.9 Å². The molecule has 172 valence electrons. The lowest BCUT2D eigenvalue weighted by Gasteiger charge is -2.15. The maximum atomic E-state index is 13.1. The molecule has 0 radical (unpaired) electrons. The number of benzene rings is 2. The molecule has 7 nitrogen and oxygen atoms in total. The van der Waals surface area contributed by atoms with Crippen LogP contribution in [0.5, 0.6) is 0 Å². The fourth-order valence-corrected chi connectivity index (χ4v) is 6.04. The summed E-state index contributed by atoms with van der Waals surface area (Å²) in [4.78, 5) is 14.4. The highest BCUT2D eigenvalue weighted by Crippen LogP contribution is 2.33. The van der Waals surface area contributed by atoms with Crippen LogP contribution in [-0.4, -0.2) is 57.5 Å². The maximum absolute atomic E-state index is 13.1. The number of carbonyl (C=O) groups excluding carboxylic acids is 1. The molecule has 1 amide bonds. The summed E-state index contributed by atoms with van der Waals surface area (Å²) in [6, 6.07) is 19.6. The van der Waals surface area contributed by atoms with Gasteiger partial charge in [-0.15, -0.1) is 0 Å². The highest BCUT2D eigenvalue weighted by Gasteiger charge is 2.38. The summed E-state index contributed by atoms with van der Waals surface area (Å²) < 4.78 is 30.7. The minimum Gasteiger partial charge on any atom is -0.296 e. The number of thioether (sulfide) groups is 1. The van der Waals surface area contributed by atoms with Gasteiger partial charge < -0.3 is 0 Å². The monoisotopic (exact) mass is 501 g/mol. The Morgan fingerprint density at radius 1 is 1.09 bits per heavy atom. The molecule has 0 aliphatic carbocycles. The van der Waals surface area contributed by atoms with Gasteiger partial charge in [0.1, 0.15) is 4.32 Å². The van der Waals surface area contributed by atoms with Gasteiger partial charge in [-0.3, -0.25) is 13.9 Å². The van der Waals surface area contributed by atoms with Crippen LogP contribution < -0.4 is 0 Å². The number of nitrogens with zero attached hydrogens (tertiary/aromatic N) is 3. The zero-order chi connectivity index (χ0) is 23.4. The average molecular weight is 502 g/mol. The molecule has 1 unspecified atom stereocenters. The standard InChI is InChI=1S/C23H23N3O4S3/c1-2-30-33(28,29)14-13-25-22(27)20(32-23(25)31)15-18-16-26(19-11-7-4-8-12-19)24-21(18)17-9-5-3-6-10-17/h3-12,16,20H,2,13-15H2,1H3. The van der Waals surface area contributed by atoms with Crippen molar-refractivity contribution in [1.82, 2.24) is 14.7 Å². The Labute approximate surface area is 202 Å². The van der Waals surface area contributed by atoms with E-state index < -0.39 is 15.4 Å². The predicted octanol–water partition coefficient (Wildman–Crippen LogP) is 3.68. The number of aromatic nitrogens is 2. The van der Waals surface area contributed by atoms with E-state index in [2.05, 4.69) is 0 Å². The molecule has 1 saturated heterocycles. The molecule has 1 atom stereocenters. The molecule has 0 spiro atoms. The molecular weight excluding hydrogens is 478 g/mol. The fourth-order valence-electron chi connectivity index (χ4n) is 3.58. The van der Waals surface area contributed by atoms with Gasteiger partial charge in [-0.1, -0.05) is 72.5 Å². The first-order valence-electron chi connectivity index (χ1n) is 10.5. The molecule has 1 fully saturated rings. The van der Waals surface area contributed by atoms with Crippen molar-refractivity contribution in [3.8, 4) is 16.9 Å². The molecule has 0 N–H and O–H groups in total. The van der Waals surface area contributed by atoms with Gasteiger partial charge in [0.05, 0.1) is 29.0 Å². The lowest BCUT2D eigenvalue weighted by molar-refractivity contribution is -0.125. The molecule has 2 heterocycles. The normalized spacial score (nSPS) is 16.5. The van der Waals surface area contributed by atoms with Crippen LogP contribution in [0, 0.1) is 0 Å². The first-order chi connectivity index (χ1) is 15.9. The summed E-state index contributed by atoms with van der Waals surface area (Å²) in [5.74, 6) is -0.482. The van der Waals surface area contributed by atoms with Gasteiger partial charge in [0, 0.05) is 23.9 Å². The molecule has 1 aliphatic rings. The Morgan fingerprint density at radius 2 is 1.76 bits per heavy atom. The van der Waals surface area contributed by atoms with E-state index in [0.717, 1.165) is 22.5 Å². The van der Waals surface area contributed by atoms with Gasteiger partial charge in [0.25, 0.3) is 10.1 Å². The van der Waals surface area contributed by atoms with Crippen molar-refractivity contribution in [1.29, 1.82) is 0 Å². The molecule has 1 aliphatic heterocycles. The van der Waals surface area contributed by atoms with Crippen molar-refractivity contribution >= 4 is 44.3 Å². The van der Waals surface area contributed by atoms with Gasteiger partial charge in [-0.05, 0) is 25.5 Å². The van der Waals surface area contributed by atoms with Gasteiger partial charge in [-0.2, -0.15) is 13.5 Å². The van der Waals surface area contributed by atoms with E-state index in [1.807, 2.05) is 71.5 Å². The molecule has 3 aromatic rings. The van der Waals surface area contributed by atoms with Crippen LogP contribution in [-0.2, 0) is 25.5 Å². The second-order valence-electron chi connectivity index (χ2n) is 7.38. The van der Waals surface area contributed by atoms with E-state index >= 15 is 0 Å². The Hall–Kier alpha value is -2.53.